The summed E-state index contributed by atoms with van der Waals surface area (Å²) in [6.07, 6.45) is -2.67. The van der Waals surface area contributed by atoms with Gasteiger partial charge in [-0.3, -0.25) is 0 Å². The Bertz CT molecular complexity index is 1240. The maximum atomic E-state index is 11.2. The number of azide groups is 1. The Morgan fingerprint density at radius 2 is 2.09 bits per heavy atom. The van der Waals surface area contributed by atoms with Gasteiger partial charge < -0.3 is 19.3 Å². The lowest BCUT2D eigenvalue weighted by molar-refractivity contribution is -0.309. The minimum atomic E-state index is -1.26. The van der Waals surface area contributed by atoms with E-state index in [1.165, 1.54) is 4.68 Å². The quantitative estimate of drug-likeness (QED) is 0.225. The Balaban J connectivity index is 1.48. The molecule has 0 radical (unpaired) electrons. The molecule has 0 saturated carbocycles. The number of pyridine rings is 1. The molecular weight excluding hydrogens is 530 g/mol. The van der Waals surface area contributed by atoms with Crippen LogP contribution in [0.25, 0.3) is 16.1 Å². The lowest BCUT2D eigenvalue weighted by atomic mass is 9.91. The molecule has 4 heterocycles. The molecule has 0 bridgehead atoms. The fourth-order valence-corrected chi connectivity index (χ4v) is 4.51. The van der Waals surface area contributed by atoms with Gasteiger partial charge >= 0.3 is 0 Å². The van der Waals surface area contributed by atoms with Crippen LogP contribution in [0.5, 0.6) is 0 Å². The van der Waals surface area contributed by atoms with Gasteiger partial charge in [0.1, 0.15) is 28.7 Å². The Morgan fingerprint density at radius 1 is 1.29 bits per heavy atom. The molecule has 2 fully saturated rings. The number of halogens is 2. The molecule has 176 valence electrons. The van der Waals surface area contributed by atoms with Crippen molar-refractivity contribution < 1.29 is 19.3 Å². The number of aliphatic hydroxyl groups is 1. The van der Waals surface area contributed by atoms with Crippen molar-refractivity contribution in [3.05, 3.63) is 79.9 Å². The van der Waals surface area contributed by atoms with Crippen LogP contribution < -0.4 is 0 Å². The monoisotopic (exact) mass is 547 g/mol. The number of fused-ring (bicyclic) bond motifs is 1. The van der Waals surface area contributed by atoms with Crippen molar-refractivity contribution in [2.24, 2.45) is 5.11 Å². The maximum absolute atomic E-state index is 11.2. The van der Waals surface area contributed by atoms with Crippen LogP contribution in [-0.4, -0.2) is 55.8 Å². The fourth-order valence-electron chi connectivity index (χ4n) is 4.13. The van der Waals surface area contributed by atoms with Gasteiger partial charge in [-0.2, -0.15) is 5.10 Å². The molecule has 11 nitrogen and oxygen atoms in total. The summed E-state index contributed by atoms with van der Waals surface area (Å²) in [6, 6.07) is 10.1. The summed E-state index contributed by atoms with van der Waals surface area (Å²) >= 11 is 9.49. The van der Waals surface area contributed by atoms with Gasteiger partial charge in [0.25, 0.3) is 0 Å². The largest absolute Gasteiger partial charge is 0.389 e. The Kier molecular flexibility index (Phi) is 6.54. The van der Waals surface area contributed by atoms with E-state index in [4.69, 9.17) is 25.8 Å². The summed E-state index contributed by atoms with van der Waals surface area (Å²) in [5.74, 6) is 0.763. The summed E-state index contributed by atoms with van der Waals surface area (Å²) in [5.41, 5.74) is 10.6. The van der Waals surface area contributed by atoms with E-state index < -0.39 is 36.7 Å². The van der Waals surface area contributed by atoms with Crippen LogP contribution in [-0.2, 0) is 14.2 Å². The van der Waals surface area contributed by atoms with Gasteiger partial charge in [0.05, 0.1) is 35.7 Å². The molecule has 13 heteroatoms. The maximum Gasteiger partial charge on any atom is 0.184 e. The number of hydrogen-bond donors (Lipinski definition) is 1. The first-order valence-corrected chi connectivity index (χ1v) is 11.6. The van der Waals surface area contributed by atoms with E-state index in [-0.39, 0.29) is 6.61 Å². The average molecular weight is 549 g/mol. The Labute approximate surface area is 207 Å². The second-order valence-electron chi connectivity index (χ2n) is 7.85. The first-order chi connectivity index (χ1) is 16.5. The normalized spacial score (nSPS) is 28.7. The zero-order valence-corrected chi connectivity index (χ0v) is 20.1. The minimum absolute atomic E-state index is 0.170. The molecule has 2 aliphatic rings. The molecular formula is C21H19BrClN7O4. The number of ether oxygens (including phenoxy) is 3. The third-order valence-electron chi connectivity index (χ3n) is 5.65. The molecule has 1 N–H and O–H groups in total. The van der Waals surface area contributed by atoms with E-state index in [1.807, 2.05) is 30.3 Å². The van der Waals surface area contributed by atoms with Crippen LogP contribution in [0.2, 0.25) is 5.02 Å². The van der Waals surface area contributed by atoms with E-state index in [2.05, 4.69) is 41.0 Å². The van der Waals surface area contributed by atoms with E-state index in [9.17, 15) is 10.6 Å². The highest BCUT2D eigenvalue weighted by Gasteiger charge is 2.51. The highest BCUT2D eigenvalue weighted by atomic mass is 79.9. The second-order valence-corrected chi connectivity index (χ2v) is 9.01. The number of nitrogens with zero attached hydrogens (tertiary/aromatic N) is 7. The molecule has 3 unspecified atom stereocenters. The van der Waals surface area contributed by atoms with Crippen LogP contribution >= 0.6 is 27.5 Å². The number of benzene rings is 1. The molecule has 2 saturated heterocycles. The number of rotatable bonds is 4. The van der Waals surface area contributed by atoms with Crippen molar-refractivity contribution in [1.29, 1.82) is 0 Å². The summed E-state index contributed by atoms with van der Waals surface area (Å²) in [5, 5.41) is 19.9. The smallest absolute Gasteiger partial charge is 0.184 e. The van der Waals surface area contributed by atoms with Crippen molar-refractivity contribution in [2.45, 2.75) is 43.7 Å². The van der Waals surface area contributed by atoms with Crippen molar-refractivity contribution in [3.8, 4) is 5.69 Å². The van der Waals surface area contributed by atoms with Crippen LogP contribution in [0.15, 0.2) is 52.3 Å². The number of aliphatic hydroxyl groups excluding tert-OH is 1. The first-order valence-electron chi connectivity index (χ1n) is 10.4. The molecule has 34 heavy (non-hydrogen) atoms. The van der Waals surface area contributed by atoms with Crippen molar-refractivity contribution in [2.75, 3.05) is 6.61 Å². The third kappa shape index (κ3) is 4.29. The molecule has 1 aromatic carbocycles. The van der Waals surface area contributed by atoms with Crippen LogP contribution in [0.3, 0.4) is 0 Å². The second kappa shape index (κ2) is 9.59. The molecule has 0 amide bonds. The molecule has 2 aromatic heterocycles. The van der Waals surface area contributed by atoms with Crippen LogP contribution in [0, 0.1) is 6.92 Å². The lowest BCUT2D eigenvalue weighted by Crippen LogP contribution is -2.58. The average Bonchev–Trinajstić information content (AvgIpc) is 3.24. The topological polar surface area (TPSA) is 140 Å². The van der Waals surface area contributed by atoms with Gasteiger partial charge in [0.15, 0.2) is 12.1 Å². The molecule has 5 rings (SSSR count). The van der Waals surface area contributed by atoms with Gasteiger partial charge in [-0.05, 0) is 34.5 Å². The zero-order chi connectivity index (χ0) is 23.8. The van der Waals surface area contributed by atoms with Gasteiger partial charge in [-0.25, -0.2) is 14.6 Å². The van der Waals surface area contributed by atoms with Gasteiger partial charge in [-0.1, -0.05) is 47.0 Å². The standard InChI is InChI=1S/C21H19BrClN7O4/c1-10-26-20(30(28-10)12-7-13(23)19(22)25-8-12)18-16(31)15(27-29-24)17-14(33-18)9-32-21(34-17)11-5-3-2-4-6-11/h2-8,14-18,21,31H,9H2,1H3/t14?,15-,16?,17+,18-,21?/m1/s1. The number of aryl methyl sites for hydroxylation is 1. The molecule has 0 aliphatic carbocycles. The lowest BCUT2D eigenvalue weighted by Gasteiger charge is -2.46. The van der Waals surface area contributed by atoms with E-state index in [1.54, 1.807) is 19.2 Å². The highest BCUT2D eigenvalue weighted by molar-refractivity contribution is 9.10. The van der Waals surface area contributed by atoms with E-state index in [0.29, 0.717) is 27.0 Å². The minimum Gasteiger partial charge on any atom is -0.389 e. The molecule has 3 aromatic rings. The Morgan fingerprint density at radius 3 is 2.82 bits per heavy atom. The predicted octanol–water partition coefficient (Wildman–Crippen LogP) is 3.98. The van der Waals surface area contributed by atoms with E-state index in [0.717, 1.165) is 5.56 Å². The number of hydrogen-bond acceptors (Lipinski definition) is 8. The van der Waals surface area contributed by atoms with Crippen molar-refractivity contribution in [3.63, 3.8) is 0 Å². The van der Waals surface area contributed by atoms with Crippen molar-refractivity contribution in [1.82, 2.24) is 19.7 Å². The van der Waals surface area contributed by atoms with Crippen LogP contribution in [0.1, 0.15) is 29.6 Å². The zero-order valence-electron chi connectivity index (χ0n) is 17.8. The predicted molar refractivity (Wildman–Crippen MR) is 123 cm³/mol. The van der Waals surface area contributed by atoms with Gasteiger partial charge in [0, 0.05) is 10.5 Å². The molecule has 6 atom stereocenters. The fraction of sp³-hybridized carbons (Fsp3) is 0.381. The number of aromatic nitrogens is 4. The summed E-state index contributed by atoms with van der Waals surface area (Å²) in [6.45, 7) is 1.89. The van der Waals surface area contributed by atoms with Crippen molar-refractivity contribution >= 4 is 27.5 Å². The van der Waals surface area contributed by atoms with E-state index >= 15 is 0 Å². The molecule has 2 aliphatic heterocycles. The molecule has 0 spiro atoms. The summed E-state index contributed by atoms with van der Waals surface area (Å²) in [4.78, 5) is 11.6. The summed E-state index contributed by atoms with van der Waals surface area (Å²) in [7, 11) is 0. The first kappa shape index (κ1) is 23.2. The SMILES string of the molecule is Cc1nc([C@@H]2OC3COC(c4ccccc4)O[C@@H]3[C@H](N=[N+]=[N-])C2O)n(-c2cnc(Br)c(Cl)c2)n1. The highest BCUT2D eigenvalue weighted by Crippen LogP contribution is 2.40. The third-order valence-corrected chi connectivity index (χ3v) is 6.80. The van der Waals surface area contributed by atoms with Gasteiger partial charge in [0.2, 0.25) is 0 Å². The Hall–Kier alpha value is -2.57. The van der Waals surface area contributed by atoms with Crippen LogP contribution in [0.4, 0.5) is 0 Å². The summed E-state index contributed by atoms with van der Waals surface area (Å²) < 4.78 is 20.2. The van der Waals surface area contributed by atoms with Gasteiger partial charge in [-0.15, -0.1) is 0 Å².